The lowest BCUT2D eigenvalue weighted by molar-refractivity contribution is -0.605. The Balaban J connectivity index is 1.86. The molecule has 0 unspecified atom stereocenters. The molecule has 7 nitrogen and oxygen atoms in total. The standard InChI is InChI=1S/C20H28N2O5/c1-4-20(2,3)17(23)18(24)22-12-6-10-16(22)19(25)27-13-7-9-15-8-5-11-21(26)14-15/h5,8,11,14,16H,4,6-7,9-10,12-13H2,1-3H3/t16-/m0/s1. The molecule has 7 heteroatoms. The Morgan fingerprint density at radius 1 is 1.37 bits per heavy atom. The van der Waals surface area contributed by atoms with Crippen LogP contribution in [0.2, 0.25) is 0 Å². The van der Waals surface area contributed by atoms with Crippen LogP contribution in [0.1, 0.15) is 52.0 Å². The summed E-state index contributed by atoms with van der Waals surface area (Å²) in [6.07, 6.45) is 5.85. The van der Waals surface area contributed by atoms with Crippen LogP contribution in [0.5, 0.6) is 0 Å². The molecule has 2 heterocycles. The molecule has 27 heavy (non-hydrogen) atoms. The first-order valence-corrected chi connectivity index (χ1v) is 9.46. The minimum absolute atomic E-state index is 0.208. The van der Waals surface area contributed by atoms with Gasteiger partial charge in [0.25, 0.3) is 5.91 Å². The fourth-order valence-electron chi connectivity index (χ4n) is 3.03. The van der Waals surface area contributed by atoms with Crippen molar-refractivity contribution in [1.82, 2.24) is 4.90 Å². The van der Waals surface area contributed by atoms with Gasteiger partial charge >= 0.3 is 5.97 Å². The van der Waals surface area contributed by atoms with Gasteiger partial charge in [-0.2, -0.15) is 4.73 Å². The molecule has 1 amide bonds. The fraction of sp³-hybridized carbons (Fsp3) is 0.600. The van der Waals surface area contributed by atoms with Gasteiger partial charge in [0.05, 0.1) is 6.61 Å². The normalized spacial score (nSPS) is 17.0. The molecule has 1 aromatic rings. The van der Waals surface area contributed by atoms with Crippen LogP contribution in [0, 0.1) is 10.6 Å². The number of ether oxygens (including phenoxy) is 1. The van der Waals surface area contributed by atoms with Crippen molar-refractivity contribution in [3.63, 3.8) is 0 Å². The number of esters is 1. The van der Waals surface area contributed by atoms with E-state index < -0.39 is 29.1 Å². The number of hydrogen-bond donors (Lipinski definition) is 0. The number of carbonyl (C=O) groups excluding carboxylic acids is 3. The molecule has 1 atom stereocenters. The summed E-state index contributed by atoms with van der Waals surface area (Å²) in [6, 6.07) is 2.83. The SMILES string of the molecule is CCC(C)(C)C(=O)C(=O)N1CCC[C@H]1C(=O)OCCCc1ccc[n+]([O-])c1. The highest BCUT2D eigenvalue weighted by Gasteiger charge is 2.41. The number of hydrogen-bond acceptors (Lipinski definition) is 5. The van der Waals surface area contributed by atoms with Crippen molar-refractivity contribution in [2.45, 2.75) is 58.9 Å². The Labute approximate surface area is 159 Å². The Morgan fingerprint density at radius 2 is 2.11 bits per heavy atom. The number of likely N-dealkylation sites (tertiary alicyclic amines) is 1. The van der Waals surface area contributed by atoms with E-state index >= 15 is 0 Å². The van der Waals surface area contributed by atoms with E-state index in [1.165, 1.54) is 17.3 Å². The average Bonchev–Trinajstić information content (AvgIpc) is 3.13. The minimum atomic E-state index is -0.734. The third-order valence-electron chi connectivity index (χ3n) is 5.17. The zero-order chi connectivity index (χ0) is 20.0. The van der Waals surface area contributed by atoms with E-state index in [4.69, 9.17) is 4.74 Å². The number of aromatic nitrogens is 1. The van der Waals surface area contributed by atoms with Crippen LogP contribution >= 0.6 is 0 Å². The van der Waals surface area contributed by atoms with Crippen molar-refractivity contribution in [1.29, 1.82) is 0 Å². The first-order chi connectivity index (χ1) is 12.8. The molecular weight excluding hydrogens is 348 g/mol. The third kappa shape index (κ3) is 5.28. The zero-order valence-corrected chi connectivity index (χ0v) is 16.3. The topological polar surface area (TPSA) is 90.6 Å². The molecule has 0 spiro atoms. The van der Waals surface area contributed by atoms with Crippen LogP contribution in [0.3, 0.4) is 0 Å². The van der Waals surface area contributed by atoms with Crippen molar-refractivity contribution in [2.24, 2.45) is 5.41 Å². The van der Waals surface area contributed by atoms with Crippen molar-refractivity contribution < 1.29 is 23.9 Å². The number of ketones is 1. The quantitative estimate of drug-likeness (QED) is 0.227. The summed E-state index contributed by atoms with van der Waals surface area (Å²) in [5.74, 6) is -1.51. The lowest BCUT2D eigenvalue weighted by atomic mass is 9.84. The van der Waals surface area contributed by atoms with Gasteiger partial charge in [0, 0.05) is 23.6 Å². The number of carbonyl (C=O) groups is 3. The largest absolute Gasteiger partial charge is 0.619 e. The van der Waals surface area contributed by atoms with Gasteiger partial charge in [-0.1, -0.05) is 20.8 Å². The summed E-state index contributed by atoms with van der Waals surface area (Å²) in [7, 11) is 0. The number of Topliss-reactive ketones (excluding diaryl/α,β-unsaturated/α-hetero) is 1. The summed E-state index contributed by atoms with van der Waals surface area (Å²) in [5, 5.41) is 11.2. The third-order valence-corrected chi connectivity index (χ3v) is 5.17. The molecule has 1 saturated heterocycles. The maximum atomic E-state index is 12.5. The summed E-state index contributed by atoms with van der Waals surface area (Å²) < 4.78 is 6.06. The maximum Gasteiger partial charge on any atom is 0.328 e. The van der Waals surface area contributed by atoms with E-state index in [0.29, 0.717) is 38.6 Å². The van der Waals surface area contributed by atoms with Crippen molar-refractivity contribution in [3.8, 4) is 0 Å². The monoisotopic (exact) mass is 376 g/mol. The van der Waals surface area contributed by atoms with E-state index in [0.717, 1.165) is 10.3 Å². The highest BCUT2D eigenvalue weighted by Crippen LogP contribution is 2.26. The van der Waals surface area contributed by atoms with Gasteiger partial charge in [-0.25, -0.2) is 4.79 Å². The van der Waals surface area contributed by atoms with Gasteiger partial charge in [0.1, 0.15) is 6.04 Å². The molecule has 0 N–H and O–H groups in total. The lowest BCUT2D eigenvalue weighted by Gasteiger charge is -2.27. The second-order valence-electron chi connectivity index (χ2n) is 7.57. The van der Waals surface area contributed by atoms with Crippen LogP contribution in [0.4, 0.5) is 0 Å². The number of nitrogens with zero attached hydrogens (tertiary/aromatic N) is 2. The minimum Gasteiger partial charge on any atom is -0.619 e. The molecule has 2 rings (SSSR count). The second-order valence-corrected chi connectivity index (χ2v) is 7.57. The molecule has 0 bridgehead atoms. The molecule has 1 aromatic heterocycles. The van der Waals surface area contributed by atoms with Crippen LogP contribution in [0.25, 0.3) is 0 Å². The smallest absolute Gasteiger partial charge is 0.328 e. The average molecular weight is 376 g/mol. The van der Waals surface area contributed by atoms with Crippen LogP contribution in [0.15, 0.2) is 24.5 Å². The lowest BCUT2D eigenvalue weighted by Crippen LogP contribution is -2.48. The van der Waals surface area contributed by atoms with Gasteiger partial charge in [0.2, 0.25) is 5.78 Å². The van der Waals surface area contributed by atoms with Gasteiger partial charge in [-0.15, -0.1) is 0 Å². The molecule has 1 aliphatic heterocycles. The first kappa shape index (κ1) is 20.9. The van der Waals surface area contributed by atoms with Crippen LogP contribution < -0.4 is 4.73 Å². The second kappa shape index (κ2) is 8.97. The van der Waals surface area contributed by atoms with Gasteiger partial charge in [-0.3, -0.25) is 9.59 Å². The summed E-state index contributed by atoms with van der Waals surface area (Å²) in [5.41, 5.74) is 0.135. The van der Waals surface area contributed by atoms with E-state index in [1.807, 2.05) is 13.0 Å². The number of amides is 1. The van der Waals surface area contributed by atoms with Crippen molar-refractivity contribution in [2.75, 3.05) is 13.2 Å². The van der Waals surface area contributed by atoms with E-state index in [9.17, 15) is 19.6 Å². The number of rotatable bonds is 8. The number of pyridine rings is 1. The molecular formula is C20H28N2O5. The van der Waals surface area contributed by atoms with Gasteiger partial charge in [-0.05, 0) is 38.2 Å². The predicted molar refractivity (Wildman–Crippen MR) is 98.5 cm³/mol. The molecule has 1 fully saturated rings. The van der Waals surface area contributed by atoms with E-state index in [2.05, 4.69) is 0 Å². The Bertz CT molecular complexity index is 701. The number of aryl methyl sites for hydroxylation is 1. The van der Waals surface area contributed by atoms with Crippen molar-refractivity contribution in [3.05, 3.63) is 35.3 Å². The van der Waals surface area contributed by atoms with Crippen molar-refractivity contribution >= 4 is 17.7 Å². The van der Waals surface area contributed by atoms with Crippen LogP contribution in [-0.4, -0.2) is 41.8 Å². The molecule has 0 aromatic carbocycles. The predicted octanol–water partition coefficient (Wildman–Crippen LogP) is 1.79. The summed E-state index contributed by atoms with van der Waals surface area (Å²) in [4.78, 5) is 38.7. The highest BCUT2D eigenvalue weighted by atomic mass is 16.5. The molecule has 0 aliphatic carbocycles. The highest BCUT2D eigenvalue weighted by molar-refractivity contribution is 6.38. The van der Waals surface area contributed by atoms with Gasteiger partial charge < -0.3 is 14.8 Å². The van der Waals surface area contributed by atoms with E-state index in [1.54, 1.807) is 19.9 Å². The summed E-state index contributed by atoms with van der Waals surface area (Å²) >= 11 is 0. The summed E-state index contributed by atoms with van der Waals surface area (Å²) in [6.45, 7) is 5.96. The molecule has 0 saturated carbocycles. The maximum absolute atomic E-state index is 12.5. The molecule has 1 aliphatic rings. The zero-order valence-electron chi connectivity index (χ0n) is 16.3. The molecule has 148 valence electrons. The Hall–Kier alpha value is -2.44. The van der Waals surface area contributed by atoms with Gasteiger partial charge in [0.15, 0.2) is 12.4 Å². The molecule has 0 radical (unpaired) electrons. The van der Waals surface area contributed by atoms with Crippen LogP contribution in [-0.2, 0) is 25.5 Å². The first-order valence-electron chi connectivity index (χ1n) is 9.46. The fourth-order valence-corrected chi connectivity index (χ4v) is 3.03. The Kier molecular flexibility index (Phi) is 6.93. The Morgan fingerprint density at radius 3 is 2.78 bits per heavy atom. The van der Waals surface area contributed by atoms with E-state index in [-0.39, 0.29) is 6.61 Å².